The van der Waals surface area contributed by atoms with E-state index in [-0.39, 0.29) is 0 Å². The van der Waals surface area contributed by atoms with Crippen molar-refractivity contribution in [2.45, 2.75) is 5.41 Å². The van der Waals surface area contributed by atoms with Crippen LogP contribution in [0.2, 0.25) is 0 Å². The number of nitrogens with zero attached hydrogens (tertiary/aromatic N) is 2. The normalized spacial score (nSPS) is 12.6. The van der Waals surface area contributed by atoms with Crippen LogP contribution in [0.15, 0.2) is 235 Å². The van der Waals surface area contributed by atoms with Crippen molar-refractivity contribution < 1.29 is 4.42 Å². The van der Waals surface area contributed by atoms with Gasteiger partial charge >= 0.3 is 0 Å². The second-order valence-electron chi connectivity index (χ2n) is 16.0. The van der Waals surface area contributed by atoms with Gasteiger partial charge in [0.05, 0.1) is 16.8 Å². The van der Waals surface area contributed by atoms with E-state index in [4.69, 9.17) is 14.4 Å². The van der Waals surface area contributed by atoms with Gasteiger partial charge in [0.2, 0.25) is 0 Å². The molecule has 0 radical (unpaired) electrons. The second-order valence-corrected chi connectivity index (χ2v) is 16.0. The van der Waals surface area contributed by atoms with Crippen molar-refractivity contribution in [2.75, 3.05) is 0 Å². The molecule has 290 valence electrons. The Balaban J connectivity index is 1.02. The van der Waals surface area contributed by atoms with Gasteiger partial charge in [0.25, 0.3) is 0 Å². The summed E-state index contributed by atoms with van der Waals surface area (Å²) < 4.78 is 6.55. The number of benzene rings is 9. The Labute approximate surface area is 360 Å². The van der Waals surface area contributed by atoms with Crippen LogP contribution in [0.1, 0.15) is 22.3 Å². The van der Waals surface area contributed by atoms with Crippen LogP contribution in [0.4, 0.5) is 0 Å². The molecule has 2 heterocycles. The average Bonchev–Trinajstić information content (AvgIpc) is 3.89. The lowest BCUT2D eigenvalue weighted by atomic mass is 9.67. The quantitative estimate of drug-likeness (QED) is 0.161. The summed E-state index contributed by atoms with van der Waals surface area (Å²) in [5.74, 6) is 0.670. The minimum atomic E-state index is -0.460. The standard InChI is InChI=1S/C59H38N2O/c1-3-18-40(19-4-1)58-60-54(38-55(61-58)48-27-10-8-23-44(48)50-29-17-30-51-49-28-13-16-33-56(49)62-57(50)51)47-26-9-7-22-43(47)39-34-36-42(37-35-39)59(41-20-5-2-6-21-41)52-31-14-11-24-45(52)46-25-12-15-32-53(46)59/h1-38H. The van der Waals surface area contributed by atoms with E-state index in [2.05, 4.69) is 200 Å². The van der Waals surface area contributed by atoms with Crippen molar-refractivity contribution >= 4 is 21.9 Å². The first-order chi connectivity index (χ1) is 30.8. The maximum atomic E-state index is 6.55. The number of fused-ring (bicyclic) bond motifs is 6. The van der Waals surface area contributed by atoms with E-state index in [1.807, 2.05) is 30.3 Å². The van der Waals surface area contributed by atoms with Crippen molar-refractivity contribution in [3.63, 3.8) is 0 Å². The van der Waals surface area contributed by atoms with Crippen LogP contribution in [0, 0.1) is 0 Å². The summed E-state index contributed by atoms with van der Waals surface area (Å²) in [6.07, 6.45) is 0. The Kier molecular flexibility index (Phi) is 8.39. The first kappa shape index (κ1) is 35.8. The molecule has 3 heteroatoms. The molecule has 9 aromatic carbocycles. The lowest BCUT2D eigenvalue weighted by molar-refractivity contribution is 0.670. The van der Waals surface area contributed by atoms with Crippen molar-refractivity contribution in [3.05, 3.63) is 253 Å². The fraction of sp³-hybridized carbons (Fsp3) is 0.0169. The Bertz CT molecular complexity index is 3410. The molecule has 3 nitrogen and oxygen atoms in total. The summed E-state index contributed by atoms with van der Waals surface area (Å²) >= 11 is 0. The molecule has 0 bridgehead atoms. The lowest BCUT2D eigenvalue weighted by Gasteiger charge is -2.34. The Morgan fingerprint density at radius 1 is 0.323 bits per heavy atom. The van der Waals surface area contributed by atoms with E-state index >= 15 is 0 Å². The van der Waals surface area contributed by atoms with E-state index < -0.39 is 5.41 Å². The van der Waals surface area contributed by atoms with E-state index in [9.17, 15) is 0 Å². The zero-order valence-electron chi connectivity index (χ0n) is 33.7. The molecule has 2 aromatic heterocycles. The maximum Gasteiger partial charge on any atom is 0.160 e. The van der Waals surface area contributed by atoms with Gasteiger partial charge in [-0.1, -0.05) is 218 Å². The van der Waals surface area contributed by atoms with Crippen molar-refractivity contribution in [2.24, 2.45) is 0 Å². The van der Waals surface area contributed by atoms with Crippen LogP contribution >= 0.6 is 0 Å². The smallest absolute Gasteiger partial charge is 0.160 e. The fourth-order valence-electron chi connectivity index (χ4n) is 9.91. The SMILES string of the molecule is c1ccc(-c2nc(-c3ccccc3-c3ccc(C4(c5ccccc5)c5ccccc5-c5ccccc54)cc3)cc(-c3ccccc3-c3cccc4c3oc3ccccc34)n2)cc1. The Morgan fingerprint density at radius 2 is 0.806 bits per heavy atom. The molecule has 0 fully saturated rings. The largest absolute Gasteiger partial charge is 0.455 e. The highest BCUT2D eigenvalue weighted by Gasteiger charge is 2.45. The molecule has 0 aliphatic heterocycles. The molecule has 0 amide bonds. The molecule has 12 rings (SSSR count). The molecule has 0 N–H and O–H groups in total. The number of hydrogen-bond acceptors (Lipinski definition) is 3. The Morgan fingerprint density at radius 3 is 1.48 bits per heavy atom. The second kappa shape index (κ2) is 14.5. The Hall–Kier alpha value is -8.14. The molecule has 0 saturated heterocycles. The summed E-state index contributed by atoms with van der Waals surface area (Å²) in [7, 11) is 0. The summed E-state index contributed by atoms with van der Waals surface area (Å²) in [5, 5.41) is 2.20. The van der Waals surface area contributed by atoms with Crippen LogP contribution in [0.3, 0.4) is 0 Å². The highest BCUT2D eigenvalue weighted by molar-refractivity contribution is 6.10. The average molecular weight is 791 g/mol. The number of hydrogen-bond donors (Lipinski definition) is 0. The van der Waals surface area contributed by atoms with Crippen LogP contribution in [0.5, 0.6) is 0 Å². The molecular weight excluding hydrogens is 753 g/mol. The topological polar surface area (TPSA) is 38.9 Å². The molecule has 0 saturated carbocycles. The first-order valence-electron chi connectivity index (χ1n) is 21.2. The third-order valence-corrected chi connectivity index (χ3v) is 12.6. The zero-order valence-corrected chi connectivity index (χ0v) is 33.7. The number of furan rings is 1. The summed E-state index contributed by atoms with van der Waals surface area (Å²) in [4.78, 5) is 10.6. The van der Waals surface area contributed by atoms with Gasteiger partial charge in [0.1, 0.15) is 11.2 Å². The van der Waals surface area contributed by atoms with E-state index in [0.717, 1.165) is 72.3 Å². The molecule has 0 unspecified atom stereocenters. The molecule has 1 aliphatic rings. The number of para-hydroxylation sites is 2. The fourth-order valence-corrected chi connectivity index (χ4v) is 9.91. The van der Waals surface area contributed by atoms with Crippen molar-refractivity contribution in [3.8, 4) is 67.3 Å². The molecule has 0 spiro atoms. The molecule has 62 heavy (non-hydrogen) atoms. The minimum Gasteiger partial charge on any atom is -0.455 e. The summed E-state index contributed by atoms with van der Waals surface area (Å²) in [6.45, 7) is 0. The van der Waals surface area contributed by atoms with Gasteiger partial charge in [-0.15, -0.1) is 0 Å². The predicted molar refractivity (Wildman–Crippen MR) is 254 cm³/mol. The van der Waals surface area contributed by atoms with Gasteiger partial charge in [0.15, 0.2) is 5.82 Å². The molecule has 1 aliphatic carbocycles. The number of rotatable bonds is 7. The summed E-state index contributed by atoms with van der Waals surface area (Å²) in [5.41, 5.74) is 17.9. The van der Waals surface area contributed by atoms with Gasteiger partial charge in [0, 0.05) is 33.0 Å². The van der Waals surface area contributed by atoms with E-state index in [0.29, 0.717) is 5.82 Å². The van der Waals surface area contributed by atoms with Crippen molar-refractivity contribution in [1.82, 2.24) is 9.97 Å². The third-order valence-electron chi connectivity index (χ3n) is 12.6. The highest BCUT2D eigenvalue weighted by Crippen LogP contribution is 2.56. The molecule has 0 atom stereocenters. The first-order valence-corrected chi connectivity index (χ1v) is 21.2. The van der Waals surface area contributed by atoms with Crippen LogP contribution in [0.25, 0.3) is 89.2 Å². The maximum absolute atomic E-state index is 6.55. The minimum absolute atomic E-state index is 0.460. The van der Waals surface area contributed by atoms with Crippen molar-refractivity contribution in [1.29, 1.82) is 0 Å². The van der Waals surface area contributed by atoms with E-state index in [1.54, 1.807) is 0 Å². The van der Waals surface area contributed by atoms with Crippen LogP contribution in [-0.4, -0.2) is 9.97 Å². The van der Waals surface area contributed by atoms with Gasteiger partial charge in [-0.05, 0) is 62.2 Å². The van der Waals surface area contributed by atoms with Crippen LogP contribution < -0.4 is 0 Å². The number of aromatic nitrogens is 2. The predicted octanol–water partition coefficient (Wildman–Crippen LogP) is 15.1. The van der Waals surface area contributed by atoms with Crippen LogP contribution in [-0.2, 0) is 5.41 Å². The summed E-state index contributed by atoms with van der Waals surface area (Å²) in [6, 6.07) is 82.1. The van der Waals surface area contributed by atoms with Gasteiger partial charge in [-0.2, -0.15) is 0 Å². The van der Waals surface area contributed by atoms with Gasteiger partial charge in [-0.25, -0.2) is 9.97 Å². The van der Waals surface area contributed by atoms with Gasteiger partial charge < -0.3 is 4.42 Å². The zero-order chi connectivity index (χ0) is 41.0. The monoisotopic (exact) mass is 790 g/mol. The highest BCUT2D eigenvalue weighted by atomic mass is 16.3. The van der Waals surface area contributed by atoms with Gasteiger partial charge in [-0.3, -0.25) is 0 Å². The molecular formula is C59H38N2O. The van der Waals surface area contributed by atoms with E-state index in [1.165, 1.54) is 33.4 Å². The molecule has 11 aromatic rings. The lowest BCUT2D eigenvalue weighted by Crippen LogP contribution is -2.28. The third kappa shape index (κ3) is 5.59.